The summed E-state index contributed by atoms with van der Waals surface area (Å²) >= 11 is 0. The molecule has 1 aromatic rings. The Balaban J connectivity index is 0.000000956. The number of hydrogen-bond donors (Lipinski definition) is 2. The quantitative estimate of drug-likeness (QED) is 0.831. The molecule has 2 rings (SSSR count). The van der Waals surface area contributed by atoms with Crippen LogP contribution in [0, 0.1) is 5.92 Å². The van der Waals surface area contributed by atoms with Gasteiger partial charge < -0.3 is 15.5 Å². The van der Waals surface area contributed by atoms with Crippen molar-refractivity contribution in [3.63, 3.8) is 0 Å². The number of likely N-dealkylation sites (tertiary alicyclic amines) is 1. The largest absolute Gasteiger partial charge is 0.368 e. The van der Waals surface area contributed by atoms with Gasteiger partial charge in [-0.05, 0) is 45.1 Å². The lowest BCUT2D eigenvalue weighted by molar-refractivity contribution is -0.126. The lowest BCUT2D eigenvalue weighted by atomic mass is 9.96. The molecule has 0 saturated carbocycles. The van der Waals surface area contributed by atoms with E-state index in [-0.39, 0.29) is 11.8 Å². The predicted octanol–water partition coefficient (Wildman–Crippen LogP) is 2.54. The predicted molar refractivity (Wildman–Crippen MR) is 84.6 cm³/mol. The van der Waals surface area contributed by atoms with Gasteiger partial charge in [-0.2, -0.15) is 0 Å². The molecule has 0 aromatic heterocycles. The summed E-state index contributed by atoms with van der Waals surface area (Å²) in [4.78, 5) is 14.2. The van der Waals surface area contributed by atoms with Gasteiger partial charge in [-0.1, -0.05) is 32.0 Å². The first-order valence-corrected chi connectivity index (χ1v) is 7.51. The highest BCUT2D eigenvalue weighted by molar-refractivity contribution is 5.78. The van der Waals surface area contributed by atoms with E-state index in [1.165, 1.54) is 0 Å². The Morgan fingerprint density at radius 3 is 2.40 bits per heavy atom. The molecule has 1 fully saturated rings. The van der Waals surface area contributed by atoms with Crippen LogP contribution in [0.5, 0.6) is 0 Å². The number of rotatable bonds is 4. The highest BCUT2D eigenvalue weighted by Crippen LogP contribution is 2.15. The fraction of sp³-hybridized carbons (Fsp3) is 0.562. The Hall–Kier alpha value is -1.55. The number of benzene rings is 1. The zero-order chi connectivity index (χ0) is 14.8. The Bertz CT molecular complexity index is 373. The van der Waals surface area contributed by atoms with Crippen molar-refractivity contribution in [2.75, 3.05) is 32.1 Å². The van der Waals surface area contributed by atoms with Crippen molar-refractivity contribution in [1.82, 2.24) is 10.2 Å². The number of nitrogens with zero attached hydrogens (tertiary/aromatic N) is 1. The summed E-state index contributed by atoms with van der Waals surface area (Å²) in [6, 6.07) is 9.90. The molecule has 112 valence electrons. The highest BCUT2D eigenvalue weighted by Gasteiger charge is 2.22. The molecule has 0 aliphatic carbocycles. The van der Waals surface area contributed by atoms with Crippen LogP contribution in [0.1, 0.15) is 26.7 Å². The van der Waals surface area contributed by atoms with Crippen LogP contribution in [0.2, 0.25) is 0 Å². The molecule has 0 atom stereocenters. The van der Waals surface area contributed by atoms with Crippen molar-refractivity contribution < 1.29 is 4.79 Å². The minimum atomic E-state index is 0.173. The smallest absolute Gasteiger partial charge is 0.224 e. The van der Waals surface area contributed by atoms with E-state index in [1.807, 2.05) is 44.2 Å². The molecule has 1 aliphatic heterocycles. The highest BCUT2D eigenvalue weighted by atomic mass is 16.1. The van der Waals surface area contributed by atoms with Gasteiger partial charge in [-0.3, -0.25) is 4.79 Å². The van der Waals surface area contributed by atoms with E-state index in [0.717, 1.165) is 31.6 Å². The van der Waals surface area contributed by atoms with Crippen LogP contribution in [0.25, 0.3) is 0 Å². The third kappa shape index (κ3) is 5.61. The molecule has 0 radical (unpaired) electrons. The Labute approximate surface area is 122 Å². The number of para-hydroxylation sites is 1. The van der Waals surface area contributed by atoms with Gasteiger partial charge in [0.25, 0.3) is 0 Å². The first-order valence-electron chi connectivity index (χ1n) is 7.51. The summed E-state index contributed by atoms with van der Waals surface area (Å²) in [6.45, 7) is 6.53. The molecular weight excluding hydrogens is 250 g/mol. The van der Waals surface area contributed by atoms with Crippen molar-refractivity contribution in [2.45, 2.75) is 26.7 Å². The maximum atomic E-state index is 11.9. The number of carbonyl (C=O) groups is 1. The average Bonchev–Trinajstić information content (AvgIpc) is 2.51. The molecule has 4 heteroatoms. The molecule has 0 spiro atoms. The van der Waals surface area contributed by atoms with Gasteiger partial charge in [0.1, 0.15) is 0 Å². The maximum absolute atomic E-state index is 11.9. The molecule has 4 nitrogen and oxygen atoms in total. The Kier molecular flexibility index (Phi) is 7.73. The van der Waals surface area contributed by atoms with Crippen LogP contribution < -0.4 is 10.6 Å². The Morgan fingerprint density at radius 1 is 1.20 bits per heavy atom. The summed E-state index contributed by atoms with van der Waals surface area (Å²) < 4.78 is 0. The van der Waals surface area contributed by atoms with E-state index in [9.17, 15) is 4.79 Å². The number of hydrogen-bond acceptors (Lipinski definition) is 3. The number of anilines is 1. The van der Waals surface area contributed by atoms with E-state index < -0.39 is 0 Å². The molecular formula is C16H27N3O. The van der Waals surface area contributed by atoms with Gasteiger partial charge >= 0.3 is 0 Å². The third-order valence-electron chi connectivity index (χ3n) is 3.42. The first-order chi connectivity index (χ1) is 9.75. The molecule has 1 heterocycles. The lowest BCUT2D eigenvalue weighted by Gasteiger charge is -2.28. The van der Waals surface area contributed by atoms with Crippen molar-refractivity contribution in [3.8, 4) is 0 Å². The molecule has 2 N–H and O–H groups in total. The Morgan fingerprint density at radius 2 is 1.80 bits per heavy atom. The summed E-state index contributed by atoms with van der Waals surface area (Å²) in [5, 5.41) is 6.13. The van der Waals surface area contributed by atoms with Crippen LogP contribution in [-0.2, 0) is 4.79 Å². The molecule has 1 aromatic carbocycles. The molecule has 1 amide bonds. The molecule has 0 unspecified atom stereocenters. The summed E-state index contributed by atoms with van der Waals surface area (Å²) in [7, 11) is 2.10. The SMILES string of the molecule is CC.CN1CCC(C(=O)NCNc2ccccc2)CC1. The number of nitrogens with one attached hydrogen (secondary N) is 2. The fourth-order valence-corrected chi connectivity index (χ4v) is 2.20. The van der Waals surface area contributed by atoms with Gasteiger partial charge in [-0.15, -0.1) is 0 Å². The van der Waals surface area contributed by atoms with E-state index in [1.54, 1.807) is 0 Å². The minimum absolute atomic E-state index is 0.173. The topological polar surface area (TPSA) is 44.4 Å². The van der Waals surface area contributed by atoms with Crippen LogP contribution in [0.3, 0.4) is 0 Å². The summed E-state index contributed by atoms with van der Waals surface area (Å²) in [6.07, 6.45) is 1.93. The normalized spacial score (nSPS) is 15.9. The van der Waals surface area contributed by atoms with Crippen molar-refractivity contribution in [2.24, 2.45) is 5.92 Å². The van der Waals surface area contributed by atoms with Crippen molar-refractivity contribution >= 4 is 11.6 Å². The van der Waals surface area contributed by atoms with Gasteiger partial charge in [0, 0.05) is 11.6 Å². The molecule has 1 aliphatic rings. The van der Waals surface area contributed by atoms with Gasteiger partial charge in [-0.25, -0.2) is 0 Å². The number of carbonyl (C=O) groups excluding carboxylic acids is 1. The van der Waals surface area contributed by atoms with Crippen LogP contribution >= 0.6 is 0 Å². The zero-order valence-corrected chi connectivity index (χ0v) is 12.9. The second-order valence-corrected chi connectivity index (χ2v) is 4.84. The van der Waals surface area contributed by atoms with E-state index in [2.05, 4.69) is 22.6 Å². The zero-order valence-electron chi connectivity index (χ0n) is 12.9. The van der Waals surface area contributed by atoms with Gasteiger partial charge in [0.15, 0.2) is 0 Å². The van der Waals surface area contributed by atoms with Gasteiger partial charge in [0.05, 0.1) is 6.67 Å². The van der Waals surface area contributed by atoms with E-state index in [4.69, 9.17) is 0 Å². The number of amides is 1. The first kappa shape index (κ1) is 16.5. The van der Waals surface area contributed by atoms with E-state index >= 15 is 0 Å². The molecule has 20 heavy (non-hydrogen) atoms. The van der Waals surface area contributed by atoms with Crippen LogP contribution in [0.4, 0.5) is 5.69 Å². The summed E-state index contributed by atoms with van der Waals surface area (Å²) in [5.74, 6) is 0.352. The second kappa shape index (κ2) is 9.37. The van der Waals surface area contributed by atoms with E-state index in [0.29, 0.717) is 6.67 Å². The van der Waals surface area contributed by atoms with Crippen molar-refractivity contribution in [3.05, 3.63) is 30.3 Å². The lowest BCUT2D eigenvalue weighted by Crippen LogP contribution is -2.40. The minimum Gasteiger partial charge on any atom is -0.368 e. The molecule has 1 saturated heterocycles. The number of piperidine rings is 1. The van der Waals surface area contributed by atoms with Crippen LogP contribution in [0.15, 0.2) is 30.3 Å². The average molecular weight is 277 g/mol. The monoisotopic (exact) mass is 277 g/mol. The maximum Gasteiger partial charge on any atom is 0.224 e. The fourth-order valence-electron chi connectivity index (χ4n) is 2.20. The van der Waals surface area contributed by atoms with Crippen LogP contribution in [-0.4, -0.2) is 37.6 Å². The summed E-state index contributed by atoms with van der Waals surface area (Å²) in [5.41, 5.74) is 1.03. The molecule has 0 bridgehead atoms. The second-order valence-electron chi connectivity index (χ2n) is 4.84. The standard InChI is InChI=1S/C14H21N3O.C2H6/c1-17-9-7-12(8-10-17)14(18)16-11-15-13-5-3-2-4-6-13;1-2/h2-6,12,15H,7-11H2,1H3,(H,16,18);1-2H3. The van der Waals surface area contributed by atoms with Crippen molar-refractivity contribution in [1.29, 1.82) is 0 Å². The third-order valence-corrected chi connectivity index (χ3v) is 3.42. The van der Waals surface area contributed by atoms with Gasteiger partial charge in [0.2, 0.25) is 5.91 Å².